The van der Waals surface area contributed by atoms with Gasteiger partial charge in [0, 0.05) is 5.02 Å². The van der Waals surface area contributed by atoms with Gasteiger partial charge < -0.3 is 4.74 Å². The first-order valence-electron chi connectivity index (χ1n) is 6.66. The Bertz CT molecular complexity index is 800. The minimum Gasteiger partial charge on any atom is -0.478 e. The molecule has 0 aliphatic heterocycles. The molecule has 0 amide bonds. The fraction of sp³-hybridized carbons (Fsp3) is 0.286. The second kappa shape index (κ2) is 7.37. The third-order valence-electron chi connectivity index (χ3n) is 2.75. The van der Waals surface area contributed by atoms with E-state index in [1.165, 1.54) is 25.1 Å². The van der Waals surface area contributed by atoms with E-state index < -0.39 is 10.0 Å². The molecule has 0 N–H and O–H groups in total. The zero-order valence-electron chi connectivity index (χ0n) is 12.9. The largest absolute Gasteiger partial charge is 0.478 e. The lowest BCUT2D eigenvalue weighted by Crippen LogP contribution is -2.26. The van der Waals surface area contributed by atoms with Crippen molar-refractivity contribution in [2.75, 3.05) is 23.4 Å². The lowest BCUT2D eigenvalue weighted by Gasteiger charge is -2.22. The maximum absolute atomic E-state index is 12.3. The molecule has 23 heavy (non-hydrogen) atoms. The van der Waals surface area contributed by atoms with Crippen molar-refractivity contribution in [2.24, 2.45) is 0 Å². The van der Waals surface area contributed by atoms with Crippen LogP contribution in [-0.2, 0) is 10.0 Å². The lowest BCUT2D eigenvalue weighted by atomic mass is 10.3. The van der Waals surface area contributed by atoms with E-state index in [-0.39, 0.29) is 11.7 Å². The number of nitrogens with zero attached hydrogens (tertiary/aromatic N) is 3. The van der Waals surface area contributed by atoms with Crippen molar-refractivity contribution in [1.82, 2.24) is 9.97 Å². The molecule has 1 aromatic heterocycles. The maximum atomic E-state index is 12.3. The highest BCUT2D eigenvalue weighted by molar-refractivity contribution is 7.99. The topological polar surface area (TPSA) is 72.4 Å². The fourth-order valence-corrected chi connectivity index (χ4v) is 3.61. The maximum Gasteiger partial charge on any atom is 0.259 e. The van der Waals surface area contributed by atoms with Crippen LogP contribution in [-0.4, -0.2) is 37.5 Å². The van der Waals surface area contributed by atoms with Crippen molar-refractivity contribution in [3.05, 3.63) is 35.5 Å². The molecule has 0 radical (unpaired) electrons. The first kappa shape index (κ1) is 17.8. The average molecular weight is 374 g/mol. The zero-order valence-corrected chi connectivity index (χ0v) is 15.2. The van der Waals surface area contributed by atoms with Crippen molar-refractivity contribution in [3.63, 3.8) is 0 Å². The molecule has 1 aromatic carbocycles. The number of hydrogen-bond acceptors (Lipinski definition) is 6. The summed E-state index contributed by atoms with van der Waals surface area (Å²) in [5, 5.41) is 1.08. The number of methoxy groups -OCH3 is 1. The summed E-state index contributed by atoms with van der Waals surface area (Å²) in [4.78, 5) is 8.54. The van der Waals surface area contributed by atoms with Crippen LogP contribution < -0.4 is 9.04 Å². The van der Waals surface area contributed by atoms with E-state index in [0.717, 1.165) is 16.3 Å². The summed E-state index contributed by atoms with van der Waals surface area (Å²) in [7, 11) is -2.24. The van der Waals surface area contributed by atoms with E-state index in [2.05, 4.69) is 9.97 Å². The molecular weight excluding hydrogens is 358 g/mol. The summed E-state index contributed by atoms with van der Waals surface area (Å²) in [6.45, 7) is 1.99. The lowest BCUT2D eigenvalue weighted by molar-refractivity contribution is 0.393. The van der Waals surface area contributed by atoms with Gasteiger partial charge >= 0.3 is 0 Å². The van der Waals surface area contributed by atoms with Crippen LogP contribution in [0.1, 0.15) is 6.92 Å². The van der Waals surface area contributed by atoms with Crippen molar-refractivity contribution in [3.8, 4) is 5.88 Å². The number of hydrogen-bond donors (Lipinski definition) is 0. The molecule has 0 spiro atoms. The Labute approximate surface area is 144 Å². The van der Waals surface area contributed by atoms with Crippen molar-refractivity contribution >= 4 is 44.9 Å². The number of anilines is 2. The normalized spacial score (nSPS) is 11.3. The number of rotatable bonds is 6. The van der Waals surface area contributed by atoms with Gasteiger partial charge in [0.2, 0.25) is 15.8 Å². The molecule has 9 heteroatoms. The van der Waals surface area contributed by atoms with Gasteiger partial charge in [-0.25, -0.2) is 22.7 Å². The molecule has 0 saturated heterocycles. The van der Waals surface area contributed by atoms with Crippen LogP contribution >= 0.6 is 23.4 Å². The van der Waals surface area contributed by atoms with Crippen LogP contribution in [0.15, 0.2) is 35.5 Å². The Morgan fingerprint density at radius 3 is 2.70 bits per heavy atom. The van der Waals surface area contributed by atoms with Crippen molar-refractivity contribution in [2.45, 2.75) is 11.9 Å². The van der Waals surface area contributed by atoms with Gasteiger partial charge in [-0.05, 0) is 24.0 Å². The number of benzene rings is 1. The molecular formula is C14H16ClN3O3S2. The minimum atomic E-state index is -3.66. The highest BCUT2D eigenvalue weighted by atomic mass is 35.5. The average Bonchev–Trinajstić information content (AvgIpc) is 2.48. The van der Waals surface area contributed by atoms with Gasteiger partial charge in [0.05, 0.1) is 25.2 Å². The highest BCUT2D eigenvalue weighted by Gasteiger charge is 2.26. The summed E-state index contributed by atoms with van der Waals surface area (Å²) >= 11 is 7.46. The molecule has 124 valence electrons. The van der Waals surface area contributed by atoms with E-state index >= 15 is 0 Å². The molecule has 0 aliphatic rings. The molecule has 0 aliphatic carbocycles. The summed E-state index contributed by atoms with van der Waals surface area (Å²) in [5.74, 6) is 1.05. The molecule has 0 bridgehead atoms. The first-order valence-corrected chi connectivity index (χ1v) is 9.87. The van der Waals surface area contributed by atoms with Crippen molar-refractivity contribution < 1.29 is 13.2 Å². The highest BCUT2D eigenvalue weighted by Crippen LogP contribution is 2.34. The predicted molar refractivity (Wildman–Crippen MR) is 93.4 cm³/mol. The van der Waals surface area contributed by atoms with Crippen LogP contribution in [0.3, 0.4) is 0 Å². The van der Waals surface area contributed by atoms with Crippen LogP contribution in [0.2, 0.25) is 5.02 Å². The van der Waals surface area contributed by atoms with Crippen LogP contribution in [0.4, 0.5) is 11.5 Å². The SMILES string of the molecule is CCSc1cnc(N(c2cccc(Cl)c2)S(C)(=O)=O)c(OC)n1. The molecule has 0 fully saturated rings. The number of halogens is 1. The van der Waals surface area contributed by atoms with E-state index in [4.69, 9.17) is 16.3 Å². The number of sulfonamides is 1. The Morgan fingerprint density at radius 2 is 2.13 bits per heavy atom. The fourth-order valence-electron chi connectivity index (χ4n) is 1.92. The quantitative estimate of drug-likeness (QED) is 0.723. The zero-order chi connectivity index (χ0) is 17.0. The Morgan fingerprint density at radius 1 is 1.39 bits per heavy atom. The van der Waals surface area contributed by atoms with Crippen LogP contribution in [0, 0.1) is 0 Å². The van der Waals surface area contributed by atoms with Crippen LogP contribution in [0.5, 0.6) is 5.88 Å². The van der Waals surface area contributed by atoms with Gasteiger partial charge in [-0.15, -0.1) is 11.8 Å². The number of ether oxygens (including phenoxy) is 1. The van der Waals surface area contributed by atoms with Crippen LogP contribution in [0.25, 0.3) is 0 Å². The van der Waals surface area contributed by atoms with Gasteiger partial charge in [0.1, 0.15) is 5.03 Å². The van der Waals surface area contributed by atoms with E-state index in [1.54, 1.807) is 24.3 Å². The van der Waals surface area contributed by atoms with Gasteiger partial charge in [-0.1, -0.05) is 24.6 Å². The predicted octanol–water partition coefficient (Wildman–Crippen LogP) is 3.35. The van der Waals surface area contributed by atoms with E-state index in [1.807, 2.05) is 6.92 Å². The number of thioether (sulfide) groups is 1. The molecule has 6 nitrogen and oxygen atoms in total. The molecule has 0 atom stereocenters. The Hall–Kier alpha value is -1.51. The van der Waals surface area contributed by atoms with Crippen molar-refractivity contribution in [1.29, 1.82) is 0 Å². The minimum absolute atomic E-state index is 0.0951. The van der Waals surface area contributed by atoms with E-state index in [9.17, 15) is 8.42 Å². The Balaban J connectivity index is 2.61. The van der Waals surface area contributed by atoms with E-state index in [0.29, 0.717) is 15.7 Å². The third kappa shape index (κ3) is 4.27. The summed E-state index contributed by atoms with van der Waals surface area (Å²) in [6, 6.07) is 6.49. The molecule has 2 aromatic rings. The standard InChI is InChI=1S/C14H16ClN3O3S2/c1-4-22-12-9-16-13(14(17-12)21-2)18(23(3,19)20)11-7-5-6-10(15)8-11/h5-9H,4H2,1-3H3. The molecule has 1 heterocycles. The summed E-state index contributed by atoms with van der Waals surface area (Å²) < 4.78 is 30.8. The Kier molecular flexibility index (Phi) is 5.72. The van der Waals surface area contributed by atoms with Gasteiger partial charge in [-0.3, -0.25) is 0 Å². The number of aromatic nitrogens is 2. The second-order valence-corrected chi connectivity index (χ2v) is 8.03. The van der Waals surface area contributed by atoms with Gasteiger partial charge in [0.25, 0.3) is 5.88 Å². The van der Waals surface area contributed by atoms with Gasteiger partial charge in [-0.2, -0.15) is 0 Å². The summed E-state index contributed by atoms with van der Waals surface area (Å²) in [6.07, 6.45) is 2.61. The smallest absolute Gasteiger partial charge is 0.259 e. The first-order chi connectivity index (χ1) is 10.9. The summed E-state index contributed by atoms with van der Waals surface area (Å²) in [5.41, 5.74) is 0.364. The monoisotopic (exact) mass is 373 g/mol. The van der Waals surface area contributed by atoms with Gasteiger partial charge in [0.15, 0.2) is 0 Å². The third-order valence-corrected chi connectivity index (χ3v) is 4.82. The second-order valence-electron chi connectivity index (χ2n) is 4.48. The molecule has 2 rings (SSSR count). The molecule has 0 saturated carbocycles. The molecule has 0 unspecified atom stereocenters.